The van der Waals surface area contributed by atoms with Crippen LogP contribution >= 0.6 is 0 Å². The van der Waals surface area contributed by atoms with Crippen LogP contribution in [0.1, 0.15) is 58.8 Å². The molecular weight excluding hydrogens is 238 g/mol. The van der Waals surface area contributed by atoms with Crippen molar-refractivity contribution >= 4 is 5.91 Å². The molecule has 1 fully saturated rings. The van der Waals surface area contributed by atoms with E-state index in [0.29, 0.717) is 18.6 Å². The van der Waals surface area contributed by atoms with Crippen LogP contribution in [0.25, 0.3) is 0 Å². The first-order chi connectivity index (χ1) is 9.17. The van der Waals surface area contributed by atoms with Crippen molar-refractivity contribution in [3.05, 3.63) is 0 Å². The molecule has 112 valence electrons. The molecule has 0 saturated heterocycles. The van der Waals surface area contributed by atoms with Crippen LogP contribution in [0.5, 0.6) is 0 Å². The summed E-state index contributed by atoms with van der Waals surface area (Å²) in [5.74, 6) is -0.192. The molecule has 4 nitrogen and oxygen atoms in total. The lowest BCUT2D eigenvalue weighted by Gasteiger charge is -2.36. The molecule has 0 bridgehead atoms. The van der Waals surface area contributed by atoms with Gasteiger partial charge in [0.15, 0.2) is 0 Å². The number of amides is 1. The molecule has 0 aromatic carbocycles. The number of nitrogens with zero attached hydrogens (tertiary/aromatic N) is 1. The van der Waals surface area contributed by atoms with Crippen LogP contribution in [0, 0.1) is 0 Å². The maximum absolute atomic E-state index is 11.2. The molecule has 0 aliphatic heterocycles. The fourth-order valence-electron chi connectivity index (χ4n) is 2.95. The quantitative estimate of drug-likeness (QED) is 0.672. The van der Waals surface area contributed by atoms with Gasteiger partial charge in [-0.1, -0.05) is 20.3 Å². The van der Waals surface area contributed by atoms with E-state index in [-0.39, 0.29) is 5.91 Å². The van der Waals surface area contributed by atoms with Crippen LogP contribution in [0.15, 0.2) is 0 Å². The average molecular weight is 269 g/mol. The Labute approximate surface area is 118 Å². The lowest BCUT2D eigenvalue weighted by Crippen LogP contribution is -2.46. The molecule has 0 radical (unpaired) electrons. The number of carbonyl (C=O) groups is 1. The predicted molar refractivity (Wildman–Crippen MR) is 80.0 cm³/mol. The van der Waals surface area contributed by atoms with Crippen molar-refractivity contribution in [3.63, 3.8) is 0 Å². The number of nitrogens with one attached hydrogen (secondary N) is 1. The van der Waals surface area contributed by atoms with E-state index in [4.69, 9.17) is 5.73 Å². The maximum Gasteiger partial charge on any atom is 0.231 e. The summed E-state index contributed by atoms with van der Waals surface area (Å²) in [5.41, 5.74) is 5.37. The number of carbonyl (C=O) groups excluding carboxylic acids is 1. The van der Waals surface area contributed by atoms with Gasteiger partial charge in [0, 0.05) is 12.1 Å². The van der Waals surface area contributed by atoms with Crippen molar-refractivity contribution in [2.75, 3.05) is 19.6 Å². The Bertz CT molecular complexity index is 250. The second kappa shape index (κ2) is 9.32. The molecule has 0 heterocycles. The first kappa shape index (κ1) is 16.4. The third kappa shape index (κ3) is 6.39. The highest BCUT2D eigenvalue weighted by Gasteiger charge is 2.25. The minimum atomic E-state index is -0.192. The van der Waals surface area contributed by atoms with E-state index in [2.05, 4.69) is 24.1 Å². The molecule has 1 rings (SSSR count). The number of nitrogens with two attached hydrogens (primary N) is 1. The molecule has 1 saturated carbocycles. The molecule has 1 aliphatic rings. The van der Waals surface area contributed by atoms with Crippen LogP contribution in [0.2, 0.25) is 0 Å². The van der Waals surface area contributed by atoms with E-state index in [1.807, 2.05) is 0 Å². The van der Waals surface area contributed by atoms with E-state index < -0.39 is 0 Å². The molecule has 0 atom stereocenters. The van der Waals surface area contributed by atoms with E-state index >= 15 is 0 Å². The SMILES string of the molecule is CCCCN(CC(N)=O)C1CCC(NCCC)CC1. The van der Waals surface area contributed by atoms with Crippen LogP contribution in [0.3, 0.4) is 0 Å². The minimum absolute atomic E-state index is 0.192. The molecular formula is C15H31N3O. The average Bonchev–Trinajstić information content (AvgIpc) is 2.41. The topological polar surface area (TPSA) is 58.4 Å². The Balaban J connectivity index is 2.37. The molecule has 3 N–H and O–H groups in total. The second-order valence-corrected chi connectivity index (χ2v) is 5.75. The Morgan fingerprint density at radius 2 is 1.89 bits per heavy atom. The van der Waals surface area contributed by atoms with E-state index in [1.54, 1.807) is 0 Å². The molecule has 0 aromatic heterocycles. The van der Waals surface area contributed by atoms with E-state index in [9.17, 15) is 4.79 Å². The van der Waals surface area contributed by atoms with Gasteiger partial charge in [-0.3, -0.25) is 9.69 Å². The third-order valence-corrected chi connectivity index (χ3v) is 4.05. The van der Waals surface area contributed by atoms with Gasteiger partial charge in [0.25, 0.3) is 0 Å². The van der Waals surface area contributed by atoms with Crippen LogP contribution in [-0.2, 0) is 4.79 Å². The van der Waals surface area contributed by atoms with Crippen molar-refractivity contribution in [3.8, 4) is 0 Å². The molecule has 0 spiro atoms. The first-order valence-corrected chi connectivity index (χ1v) is 7.93. The summed E-state index contributed by atoms with van der Waals surface area (Å²) < 4.78 is 0. The van der Waals surface area contributed by atoms with Crippen LogP contribution in [0.4, 0.5) is 0 Å². The lowest BCUT2D eigenvalue weighted by atomic mass is 9.90. The normalized spacial score (nSPS) is 23.7. The van der Waals surface area contributed by atoms with Crippen molar-refractivity contribution in [1.82, 2.24) is 10.2 Å². The first-order valence-electron chi connectivity index (χ1n) is 7.93. The van der Waals surface area contributed by atoms with Gasteiger partial charge in [-0.2, -0.15) is 0 Å². The number of hydrogen-bond donors (Lipinski definition) is 2. The summed E-state index contributed by atoms with van der Waals surface area (Å²) in [5, 5.41) is 3.60. The molecule has 4 heteroatoms. The highest BCUT2D eigenvalue weighted by molar-refractivity contribution is 5.75. The van der Waals surface area contributed by atoms with Crippen molar-refractivity contribution in [2.45, 2.75) is 70.9 Å². The van der Waals surface area contributed by atoms with Gasteiger partial charge < -0.3 is 11.1 Å². The summed E-state index contributed by atoms with van der Waals surface area (Å²) in [7, 11) is 0. The molecule has 1 amide bonds. The van der Waals surface area contributed by atoms with Crippen LogP contribution < -0.4 is 11.1 Å². The molecule has 1 aliphatic carbocycles. The van der Waals surface area contributed by atoms with Crippen molar-refractivity contribution < 1.29 is 4.79 Å². The largest absolute Gasteiger partial charge is 0.369 e. The summed E-state index contributed by atoms with van der Waals surface area (Å²) in [6.07, 6.45) is 8.36. The third-order valence-electron chi connectivity index (χ3n) is 4.05. The number of hydrogen-bond acceptors (Lipinski definition) is 3. The zero-order chi connectivity index (χ0) is 14.1. The minimum Gasteiger partial charge on any atom is -0.369 e. The lowest BCUT2D eigenvalue weighted by molar-refractivity contribution is -0.119. The number of primary amides is 1. The molecule has 0 aromatic rings. The predicted octanol–water partition coefficient (Wildman–Crippen LogP) is 1.88. The van der Waals surface area contributed by atoms with Gasteiger partial charge in [-0.25, -0.2) is 0 Å². The highest BCUT2D eigenvalue weighted by Crippen LogP contribution is 2.23. The fraction of sp³-hybridized carbons (Fsp3) is 0.933. The van der Waals surface area contributed by atoms with Gasteiger partial charge in [0.2, 0.25) is 5.91 Å². The Morgan fingerprint density at radius 3 is 2.42 bits per heavy atom. The zero-order valence-electron chi connectivity index (χ0n) is 12.7. The Kier molecular flexibility index (Phi) is 8.07. The van der Waals surface area contributed by atoms with Gasteiger partial charge >= 0.3 is 0 Å². The van der Waals surface area contributed by atoms with Crippen LogP contribution in [-0.4, -0.2) is 42.5 Å². The van der Waals surface area contributed by atoms with Gasteiger partial charge in [-0.05, 0) is 51.6 Å². The Hall–Kier alpha value is -0.610. The monoisotopic (exact) mass is 269 g/mol. The Morgan fingerprint density at radius 1 is 1.21 bits per heavy atom. The summed E-state index contributed by atoms with van der Waals surface area (Å²) in [6.45, 7) is 6.96. The molecule has 19 heavy (non-hydrogen) atoms. The summed E-state index contributed by atoms with van der Waals surface area (Å²) in [4.78, 5) is 13.5. The molecule has 0 unspecified atom stereocenters. The zero-order valence-corrected chi connectivity index (χ0v) is 12.7. The van der Waals surface area contributed by atoms with Crippen molar-refractivity contribution in [1.29, 1.82) is 0 Å². The summed E-state index contributed by atoms with van der Waals surface area (Å²) >= 11 is 0. The number of unbranched alkanes of at least 4 members (excludes halogenated alkanes) is 1. The summed E-state index contributed by atoms with van der Waals surface area (Å²) in [6, 6.07) is 1.23. The van der Waals surface area contributed by atoms with Crippen molar-refractivity contribution in [2.24, 2.45) is 5.73 Å². The maximum atomic E-state index is 11.2. The number of rotatable bonds is 9. The van der Waals surface area contributed by atoms with Gasteiger partial charge in [0.05, 0.1) is 6.54 Å². The second-order valence-electron chi connectivity index (χ2n) is 5.75. The highest BCUT2D eigenvalue weighted by atomic mass is 16.1. The smallest absolute Gasteiger partial charge is 0.231 e. The van der Waals surface area contributed by atoms with Gasteiger partial charge in [0.1, 0.15) is 0 Å². The van der Waals surface area contributed by atoms with E-state index in [1.165, 1.54) is 38.5 Å². The van der Waals surface area contributed by atoms with Gasteiger partial charge in [-0.15, -0.1) is 0 Å². The van der Waals surface area contributed by atoms with E-state index in [0.717, 1.165) is 19.5 Å². The standard InChI is InChI=1S/C15H31N3O/c1-3-5-11-18(12-15(16)19)14-8-6-13(7-9-14)17-10-4-2/h13-14,17H,3-12H2,1-2H3,(H2,16,19). The fourth-order valence-corrected chi connectivity index (χ4v) is 2.95.